The second-order valence-electron chi connectivity index (χ2n) is 5.55. The number of anilines is 1. The van der Waals surface area contributed by atoms with E-state index in [1.54, 1.807) is 25.3 Å². The number of nitrogens with one attached hydrogen (secondary N) is 1. The van der Waals surface area contributed by atoms with Crippen LogP contribution in [0.3, 0.4) is 0 Å². The molecule has 128 valence electrons. The van der Waals surface area contributed by atoms with Gasteiger partial charge in [-0.3, -0.25) is 14.3 Å². The molecule has 0 radical (unpaired) electrons. The molecule has 1 aromatic carbocycles. The Morgan fingerprint density at radius 2 is 2.20 bits per heavy atom. The molecule has 25 heavy (non-hydrogen) atoms. The van der Waals surface area contributed by atoms with Gasteiger partial charge in [0.25, 0.3) is 5.91 Å². The first-order valence-electron chi connectivity index (χ1n) is 7.58. The second-order valence-corrected chi connectivity index (χ2v) is 6.47. The minimum Gasteiger partial charge on any atom is -0.369 e. The maximum Gasteiger partial charge on any atom is 0.282 e. The van der Waals surface area contributed by atoms with Gasteiger partial charge in [0, 0.05) is 29.1 Å². The number of pyridine rings is 1. The molecular weight excluding hydrogens is 406 g/mol. The Balaban J connectivity index is 0.00000182. The molecule has 6 nitrogen and oxygen atoms in total. The molecule has 0 saturated heterocycles. The number of fused-ring (bicyclic) bond motifs is 3. The van der Waals surface area contributed by atoms with E-state index < -0.39 is 0 Å². The minimum absolute atomic E-state index is 0. The molecule has 2 aromatic heterocycles. The van der Waals surface area contributed by atoms with Crippen LogP contribution in [0.5, 0.6) is 0 Å². The zero-order chi connectivity index (χ0) is 16.7. The smallest absolute Gasteiger partial charge is 0.282 e. The molecule has 0 atom stereocenters. The fourth-order valence-corrected chi connectivity index (χ4v) is 3.20. The molecule has 4 rings (SSSR count). The van der Waals surface area contributed by atoms with Gasteiger partial charge in [-0.1, -0.05) is 15.9 Å². The SMILES string of the molecule is Cc1ncccc1C(=O)N=c1nc2cc(Br)ccc2c2n1CCN2.Cl. The van der Waals surface area contributed by atoms with Gasteiger partial charge in [0.05, 0.1) is 16.8 Å². The van der Waals surface area contributed by atoms with E-state index in [0.29, 0.717) is 16.9 Å². The highest BCUT2D eigenvalue weighted by Gasteiger charge is 2.16. The van der Waals surface area contributed by atoms with E-state index in [2.05, 4.69) is 36.2 Å². The first kappa shape index (κ1) is 17.6. The van der Waals surface area contributed by atoms with Crippen LogP contribution in [0.2, 0.25) is 0 Å². The van der Waals surface area contributed by atoms with Gasteiger partial charge in [-0.2, -0.15) is 4.99 Å². The topological polar surface area (TPSA) is 72.2 Å². The predicted molar refractivity (Wildman–Crippen MR) is 102 cm³/mol. The highest BCUT2D eigenvalue weighted by atomic mass is 79.9. The second kappa shape index (κ2) is 6.93. The third kappa shape index (κ3) is 3.17. The fraction of sp³-hybridized carbons (Fsp3) is 0.176. The standard InChI is InChI=1S/C17H14BrN5O.ClH/c1-10-12(3-2-6-19-10)16(24)22-17-21-14-9-11(18)4-5-13(14)15-20-7-8-23(15)17;/h2-6,9,20H,7-8H2,1H3;1H. The van der Waals surface area contributed by atoms with Crippen molar-refractivity contribution in [2.75, 3.05) is 11.9 Å². The Morgan fingerprint density at radius 1 is 1.36 bits per heavy atom. The summed E-state index contributed by atoms with van der Waals surface area (Å²) in [7, 11) is 0. The third-order valence-corrected chi connectivity index (χ3v) is 4.51. The van der Waals surface area contributed by atoms with Crippen molar-refractivity contribution in [3.8, 4) is 0 Å². The number of hydrogen-bond acceptors (Lipinski definition) is 4. The van der Waals surface area contributed by atoms with Gasteiger partial charge in [-0.15, -0.1) is 12.4 Å². The number of halogens is 2. The van der Waals surface area contributed by atoms with Crippen molar-refractivity contribution in [3.63, 3.8) is 0 Å². The molecule has 1 aliphatic rings. The molecule has 1 aliphatic heterocycles. The van der Waals surface area contributed by atoms with Crippen LogP contribution in [-0.4, -0.2) is 27.0 Å². The zero-order valence-electron chi connectivity index (χ0n) is 13.4. The van der Waals surface area contributed by atoms with Crippen LogP contribution in [0, 0.1) is 6.92 Å². The van der Waals surface area contributed by atoms with Crippen molar-refractivity contribution in [3.05, 3.63) is 57.9 Å². The molecule has 0 saturated carbocycles. The van der Waals surface area contributed by atoms with Crippen LogP contribution in [0.1, 0.15) is 16.1 Å². The summed E-state index contributed by atoms with van der Waals surface area (Å²) in [6.45, 7) is 3.32. The molecule has 0 bridgehead atoms. The first-order valence-corrected chi connectivity index (χ1v) is 8.37. The maximum absolute atomic E-state index is 12.5. The summed E-state index contributed by atoms with van der Waals surface area (Å²) in [6, 6.07) is 9.38. The number of amides is 1. The van der Waals surface area contributed by atoms with Gasteiger partial charge in [0.15, 0.2) is 0 Å². The van der Waals surface area contributed by atoms with E-state index in [0.717, 1.165) is 34.3 Å². The number of hydrogen-bond donors (Lipinski definition) is 1. The van der Waals surface area contributed by atoms with Gasteiger partial charge in [-0.25, -0.2) is 4.98 Å². The number of aromatic nitrogens is 3. The van der Waals surface area contributed by atoms with Crippen molar-refractivity contribution < 1.29 is 4.79 Å². The summed E-state index contributed by atoms with van der Waals surface area (Å²) >= 11 is 3.46. The van der Waals surface area contributed by atoms with Crippen LogP contribution in [0.25, 0.3) is 10.9 Å². The first-order chi connectivity index (χ1) is 11.6. The quantitative estimate of drug-likeness (QED) is 0.657. The van der Waals surface area contributed by atoms with Crippen molar-refractivity contribution in [1.82, 2.24) is 14.5 Å². The van der Waals surface area contributed by atoms with Gasteiger partial charge in [-0.05, 0) is 37.3 Å². The third-order valence-electron chi connectivity index (χ3n) is 4.01. The van der Waals surface area contributed by atoms with E-state index in [-0.39, 0.29) is 18.3 Å². The Morgan fingerprint density at radius 3 is 3.00 bits per heavy atom. The van der Waals surface area contributed by atoms with E-state index >= 15 is 0 Å². The van der Waals surface area contributed by atoms with Crippen LogP contribution >= 0.6 is 28.3 Å². The number of carbonyl (C=O) groups is 1. The molecule has 0 fully saturated rings. The van der Waals surface area contributed by atoms with E-state index in [9.17, 15) is 4.79 Å². The molecule has 0 spiro atoms. The monoisotopic (exact) mass is 419 g/mol. The number of nitrogens with zero attached hydrogens (tertiary/aromatic N) is 4. The van der Waals surface area contributed by atoms with E-state index in [1.807, 2.05) is 22.8 Å². The molecule has 1 N–H and O–H groups in total. The molecule has 3 aromatic rings. The van der Waals surface area contributed by atoms with Crippen molar-refractivity contribution in [2.24, 2.45) is 4.99 Å². The fourth-order valence-electron chi connectivity index (χ4n) is 2.85. The van der Waals surface area contributed by atoms with E-state index in [1.165, 1.54) is 0 Å². The number of aryl methyl sites for hydroxylation is 1. The lowest BCUT2D eigenvalue weighted by Gasteiger charge is -2.08. The van der Waals surface area contributed by atoms with Gasteiger partial charge >= 0.3 is 0 Å². The van der Waals surface area contributed by atoms with Crippen LogP contribution < -0.4 is 10.9 Å². The largest absolute Gasteiger partial charge is 0.369 e. The molecule has 8 heteroatoms. The Kier molecular flexibility index (Phi) is 4.87. The molecule has 1 amide bonds. The lowest BCUT2D eigenvalue weighted by atomic mass is 10.2. The summed E-state index contributed by atoms with van der Waals surface area (Å²) in [5, 5.41) is 4.36. The molecular formula is C17H15BrClN5O. The zero-order valence-corrected chi connectivity index (χ0v) is 15.8. The summed E-state index contributed by atoms with van der Waals surface area (Å²) in [5.41, 5.74) is 2.36. The summed E-state index contributed by atoms with van der Waals surface area (Å²) in [5.74, 6) is 0.617. The average Bonchev–Trinajstić information content (AvgIpc) is 3.05. The normalized spacial score (nSPS) is 13.3. The lowest BCUT2D eigenvalue weighted by molar-refractivity contribution is 0.0995. The molecule has 3 heterocycles. The van der Waals surface area contributed by atoms with Crippen molar-refractivity contribution in [1.29, 1.82) is 0 Å². The van der Waals surface area contributed by atoms with Gasteiger partial charge in [0.2, 0.25) is 5.62 Å². The Labute approximate surface area is 158 Å². The molecule has 0 aliphatic carbocycles. The minimum atomic E-state index is -0.330. The highest BCUT2D eigenvalue weighted by Crippen LogP contribution is 2.25. The summed E-state index contributed by atoms with van der Waals surface area (Å²) in [4.78, 5) is 25.5. The number of carbonyl (C=O) groups excluding carboxylic acids is 1. The Hall–Kier alpha value is -2.25. The number of benzene rings is 1. The Bertz CT molecular complexity index is 1050. The van der Waals surface area contributed by atoms with E-state index in [4.69, 9.17) is 0 Å². The van der Waals surface area contributed by atoms with Crippen LogP contribution in [0.4, 0.5) is 5.82 Å². The highest BCUT2D eigenvalue weighted by molar-refractivity contribution is 9.10. The average molecular weight is 421 g/mol. The summed E-state index contributed by atoms with van der Waals surface area (Å²) < 4.78 is 2.88. The van der Waals surface area contributed by atoms with Crippen LogP contribution in [0.15, 0.2) is 46.0 Å². The van der Waals surface area contributed by atoms with Gasteiger partial charge < -0.3 is 5.32 Å². The predicted octanol–water partition coefficient (Wildman–Crippen LogP) is 3.09. The number of rotatable bonds is 1. The maximum atomic E-state index is 12.5. The summed E-state index contributed by atoms with van der Waals surface area (Å²) in [6.07, 6.45) is 1.66. The lowest BCUT2D eigenvalue weighted by Crippen LogP contribution is -2.25. The van der Waals surface area contributed by atoms with Crippen molar-refractivity contribution >= 4 is 51.0 Å². The van der Waals surface area contributed by atoms with Crippen LogP contribution in [-0.2, 0) is 6.54 Å². The molecule has 0 unspecified atom stereocenters. The van der Waals surface area contributed by atoms with Gasteiger partial charge in [0.1, 0.15) is 5.82 Å². The van der Waals surface area contributed by atoms with Crippen molar-refractivity contribution in [2.45, 2.75) is 13.5 Å².